The van der Waals surface area contributed by atoms with Crippen LogP contribution in [0.15, 0.2) is 53.5 Å². The van der Waals surface area contributed by atoms with Crippen LogP contribution in [0, 0.1) is 11.6 Å². The summed E-state index contributed by atoms with van der Waals surface area (Å²) in [5.41, 5.74) is 0.491. The molecule has 31 heavy (non-hydrogen) atoms. The van der Waals surface area contributed by atoms with Gasteiger partial charge in [-0.2, -0.15) is 4.99 Å². The lowest BCUT2D eigenvalue weighted by Crippen LogP contribution is -2.20. The van der Waals surface area contributed by atoms with Crippen molar-refractivity contribution in [3.05, 3.63) is 70.5 Å². The lowest BCUT2D eigenvalue weighted by molar-refractivity contribution is 0.0994. The molecular formula is C23H20F2N2O3S. The summed E-state index contributed by atoms with van der Waals surface area (Å²) in [6, 6.07) is 13.2. The highest BCUT2D eigenvalue weighted by Gasteiger charge is 2.17. The number of ether oxygens (including phenoxy) is 2. The Balaban J connectivity index is 1.87. The van der Waals surface area contributed by atoms with Crippen LogP contribution in [0.4, 0.5) is 8.78 Å². The first-order chi connectivity index (χ1) is 15.0. The lowest BCUT2D eigenvalue weighted by Gasteiger charge is -2.08. The number of methoxy groups -OCH3 is 1. The zero-order chi connectivity index (χ0) is 22.0. The summed E-state index contributed by atoms with van der Waals surface area (Å²) in [7, 11) is 1.49. The van der Waals surface area contributed by atoms with Crippen LogP contribution in [0.2, 0.25) is 0 Å². The molecule has 0 aliphatic heterocycles. The normalized spacial score (nSPS) is 12.1. The van der Waals surface area contributed by atoms with Crippen LogP contribution in [-0.2, 0) is 11.3 Å². The van der Waals surface area contributed by atoms with E-state index in [4.69, 9.17) is 9.47 Å². The van der Waals surface area contributed by atoms with Crippen molar-refractivity contribution in [2.75, 3.05) is 20.3 Å². The van der Waals surface area contributed by atoms with Gasteiger partial charge in [0, 0.05) is 19.2 Å². The minimum absolute atomic E-state index is 0.197. The molecule has 4 rings (SSSR count). The second kappa shape index (κ2) is 8.95. The van der Waals surface area contributed by atoms with E-state index >= 15 is 0 Å². The van der Waals surface area contributed by atoms with E-state index in [1.807, 2.05) is 31.2 Å². The summed E-state index contributed by atoms with van der Waals surface area (Å²) in [4.78, 5) is 17.6. The van der Waals surface area contributed by atoms with Gasteiger partial charge in [0.15, 0.2) is 10.6 Å². The topological polar surface area (TPSA) is 52.8 Å². The monoisotopic (exact) mass is 442 g/mol. The van der Waals surface area contributed by atoms with Crippen molar-refractivity contribution in [3.8, 4) is 5.75 Å². The molecule has 0 aliphatic rings. The molecular weight excluding hydrogens is 422 g/mol. The van der Waals surface area contributed by atoms with Gasteiger partial charge in [-0.05, 0) is 35.9 Å². The van der Waals surface area contributed by atoms with Crippen molar-refractivity contribution in [2.45, 2.75) is 13.5 Å². The zero-order valence-corrected chi connectivity index (χ0v) is 17.8. The fourth-order valence-corrected chi connectivity index (χ4v) is 4.52. The predicted molar refractivity (Wildman–Crippen MR) is 117 cm³/mol. The molecule has 8 heteroatoms. The van der Waals surface area contributed by atoms with Crippen molar-refractivity contribution in [1.29, 1.82) is 0 Å². The molecule has 3 aromatic carbocycles. The number of aromatic nitrogens is 1. The van der Waals surface area contributed by atoms with Gasteiger partial charge in [-0.1, -0.05) is 35.6 Å². The Labute approximate surface area is 181 Å². The quantitative estimate of drug-likeness (QED) is 0.398. The standard InChI is InChI=1S/C23H20F2N2O3S/c1-3-30-9-8-27-21-18(25)12-16(24)13-20(21)31-23(27)26-22(28)17-10-14-6-4-5-7-15(14)11-19(17)29-2/h4-7,10-13H,3,8-9H2,1-2H3. The van der Waals surface area contributed by atoms with Crippen LogP contribution < -0.4 is 9.54 Å². The highest BCUT2D eigenvalue weighted by atomic mass is 32.1. The minimum Gasteiger partial charge on any atom is -0.496 e. The third-order valence-corrected chi connectivity index (χ3v) is 5.88. The van der Waals surface area contributed by atoms with Crippen molar-refractivity contribution >= 4 is 38.2 Å². The van der Waals surface area contributed by atoms with Crippen molar-refractivity contribution in [3.63, 3.8) is 0 Å². The van der Waals surface area contributed by atoms with Crippen LogP contribution in [0.25, 0.3) is 21.0 Å². The van der Waals surface area contributed by atoms with Crippen LogP contribution >= 0.6 is 11.3 Å². The molecule has 0 radical (unpaired) electrons. The molecule has 0 saturated carbocycles. The molecule has 0 unspecified atom stereocenters. The van der Waals surface area contributed by atoms with E-state index in [9.17, 15) is 13.6 Å². The van der Waals surface area contributed by atoms with E-state index in [-0.39, 0.29) is 16.9 Å². The van der Waals surface area contributed by atoms with Crippen LogP contribution in [0.5, 0.6) is 5.75 Å². The lowest BCUT2D eigenvalue weighted by atomic mass is 10.1. The molecule has 160 valence electrons. The van der Waals surface area contributed by atoms with Crippen molar-refractivity contribution < 1.29 is 23.0 Å². The molecule has 5 nitrogen and oxygen atoms in total. The number of halogens is 2. The molecule has 1 amide bonds. The van der Waals surface area contributed by atoms with Gasteiger partial charge in [-0.3, -0.25) is 4.79 Å². The Morgan fingerprint density at radius 3 is 2.58 bits per heavy atom. The van der Waals surface area contributed by atoms with Crippen LogP contribution in [0.1, 0.15) is 17.3 Å². The Morgan fingerprint density at radius 2 is 1.87 bits per heavy atom. The predicted octanol–water partition coefficient (Wildman–Crippen LogP) is 4.92. The summed E-state index contributed by atoms with van der Waals surface area (Å²) in [6.45, 7) is 2.93. The van der Waals surface area contributed by atoms with Gasteiger partial charge in [0.05, 0.1) is 29.5 Å². The number of nitrogens with zero attached hydrogens (tertiary/aromatic N) is 2. The number of hydrogen-bond donors (Lipinski definition) is 0. The molecule has 1 heterocycles. The molecule has 0 spiro atoms. The van der Waals surface area contributed by atoms with E-state index in [0.29, 0.717) is 29.2 Å². The number of amides is 1. The molecule has 0 saturated heterocycles. The smallest absolute Gasteiger partial charge is 0.283 e. The first-order valence-corrected chi connectivity index (χ1v) is 10.6. The van der Waals surface area contributed by atoms with Gasteiger partial charge in [-0.25, -0.2) is 8.78 Å². The largest absolute Gasteiger partial charge is 0.496 e. The SMILES string of the molecule is CCOCCn1c(=NC(=O)c2cc3ccccc3cc2OC)sc2cc(F)cc(F)c21. The second-order valence-corrected chi connectivity index (χ2v) is 7.79. The van der Waals surface area contributed by atoms with E-state index in [0.717, 1.165) is 28.2 Å². The minimum atomic E-state index is -0.708. The molecule has 0 N–H and O–H groups in total. The summed E-state index contributed by atoms with van der Waals surface area (Å²) < 4.78 is 41.0. The van der Waals surface area contributed by atoms with E-state index in [1.54, 1.807) is 16.7 Å². The van der Waals surface area contributed by atoms with Gasteiger partial charge in [0.1, 0.15) is 11.6 Å². The highest BCUT2D eigenvalue weighted by Crippen LogP contribution is 2.27. The molecule has 0 fully saturated rings. The number of rotatable bonds is 6. The molecule has 0 bridgehead atoms. The summed E-state index contributed by atoms with van der Waals surface area (Å²) in [5, 5.41) is 1.80. The van der Waals surface area contributed by atoms with Gasteiger partial charge in [-0.15, -0.1) is 0 Å². The molecule has 4 aromatic rings. The Hall–Kier alpha value is -3.10. The number of thiazole rings is 1. The van der Waals surface area contributed by atoms with Crippen LogP contribution in [0.3, 0.4) is 0 Å². The van der Waals surface area contributed by atoms with E-state index in [1.165, 1.54) is 13.2 Å². The maximum absolute atomic E-state index is 14.5. The first kappa shape index (κ1) is 21.1. The fraction of sp³-hybridized carbons (Fsp3) is 0.217. The number of benzene rings is 3. The van der Waals surface area contributed by atoms with Gasteiger partial charge < -0.3 is 14.0 Å². The average Bonchev–Trinajstić information content (AvgIpc) is 3.09. The van der Waals surface area contributed by atoms with Crippen molar-refractivity contribution in [2.24, 2.45) is 4.99 Å². The number of fused-ring (bicyclic) bond motifs is 2. The van der Waals surface area contributed by atoms with Gasteiger partial charge in [0.2, 0.25) is 0 Å². The van der Waals surface area contributed by atoms with Crippen molar-refractivity contribution in [1.82, 2.24) is 4.57 Å². The fourth-order valence-electron chi connectivity index (χ4n) is 3.42. The molecule has 1 aromatic heterocycles. The Bertz CT molecular complexity index is 1340. The zero-order valence-electron chi connectivity index (χ0n) is 17.0. The summed E-state index contributed by atoms with van der Waals surface area (Å²) in [5.74, 6) is -1.52. The maximum atomic E-state index is 14.5. The number of carbonyl (C=O) groups excluding carboxylic acids is 1. The molecule has 0 atom stereocenters. The highest BCUT2D eigenvalue weighted by molar-refractivity contribution is 7.16. The molecule has 0 aliphatic carbocycles. The van der Waals surface area contributed by atoms with Crippen LogP contribution in [-0.4, -0.2) is 30.8 Å². The van der Waals surface area contributed by atoms with E-state index < -0.39 is 17.5 Å². The third kappa shape index (κ3) is 4.22. The number of carbonyl (C=O) groups is 1. The summed E-state index contributed by atoms with van der Waals surface area (Å²) in [6.07, 6.45) is 0. The average molecular weight is 442 g/mol. The van der Waals surface area contributed by atoms with Gasteiger partial charge in [0.25, 0.3) is 5.91 Å². The second-order valence-electron chi connectivity index (χ2n) is 6.78. The number of hydrogen-bond acceptors (Lipinski definition) is 4. The first-order valence-electron chi connectivity index (χ1n) is 9.73. The summed E-state index contributed by atoms with van der Waals surface area (Å²) >= 11 is 1.05. The Kier molecular flexibility index (Phi) is 6.11. The maximum Gasteiger partial charge on any atom is 0.283 e. The van der Waals surface area contributed by atoms with Gasteiger partial charge >= 0.3 is 0 Å². The Morgan fingerprint density at radius 1 is 1.13 bits per heavy atom. The third-order valence-electron chi connectivity index (χ3n) is 4.85. The van der Waals surface area contributed by atoms with E-state index in [2.05, 4.69) is 4.99 Å².